The van der Waals surface area contributed by atoms with E-state index in [-0.39, 0.29) is 6.10 Å². The second kappa shape index (κ2) is 6.48. The summed E-state index contributed by atoms with van der Waals surface area (Å²) in [6.07, 6.45) is 9.87. The maximum absolute atomic E-state index is 6.02. The molecule has 1 aliphatic rings. The summed E-state index contributed by atoms with van der Waals surface area (Å²) in [6.45, 7) is 1.62. The van der Waals surface area contributed by atoms with E-state index >= 15 is 0 Å². The van der Waals surface area contributed by atoms with Crippen molar-refractivity contribution in [3.05, 3.63) is 66.2 Å². The van der Waals surface area contributed by atoms with Crippen LogP contribution in [0, 0.1) is 0 Å². The van der Waals surface area contributed by atoms with Crippen LogP contribution in [0.2, 0.25) is 0 Å². The number of fused-ring (bicyclic) bond motifs is 1. The second-order valence-corrected chi connectivity index (χ2v) is 5.90. The van der Waals surface area contributed by atoms with Crippen LogP contribution in [-0.4, -0.2) is 27.2 Å². The molecule has 0 amide bonds. The van der Waals surface area contributed by atoms with Crippen molar-refractivity contribution < 1.29 is 4.74 Å². The predicted octanol–water partition coefficient (Wildman–Crippen LogP) is 2.74. The third-order valence-corrected chi connectivity index (χ3v) is 4.42. The van der Waals surface area contributed by atoms with Crippen molar-refractivity contribution in [2.24, 2.45) is 0 Å². The van der Waals surface area contributed by atoms with Gasteiger partial charge in [-0.2, -0.15) is 5.10 Å². The highest BCUT2D eigenvalue weighted by Gasteiger charge is 2.27. The lowest BCUT2D eigenvalue weighted by molar-refractivity contribution is -0.0112. The van der Waals surface area contributed by atoms with Gasteiger partial charge in [0.2, 0.25) is 0 Å². The number of pyridine rings is 2. The summed E-state index contributed by atoms with van der Waals surface area (Å²) in [5.41, 5.74) is 3.55. The van der Waals surface area contributed by atoms with Crippen molar-refractivity contribution in [2.45, 2.75) is 31.5 Å². The lowest BCUT2D eigenvalue weighted by atomic mass is 9.96. The molecule has 0 aliphatic carbocycles. The van der Waals surface area contributed by atoms with E-state index in [2.05, 4.69) is 21.5 Å². The highest BCUT2D eigenvalue weighted by Crippen LogP contribution is 2.28. The molecule has 4 rings (SSSR count). The molecule has 0 spiro atoms. The third-order valence-electron chi connectivity index (χ3n) is 4.42. The Hall–Kier alpha value is -2.24. The minimum atomic E-state index is 0.0913. The van der Waals surface area contributed by atoms with E-state index in [0.29, 0.717) is 6.04 Å². The number of nitrogens with zero attached hydrogens (tertiary/aromatic N) is 3. The molecule has 2 atom stereocenters. The standard InChI is InChI=1S/C18H20N4O/c1-2-10-22-17(5-1)15(13-21-22)12-20-16-4-3-11-23-18(16)14-6-8-19-9-7-14/h1-2,5-10,13,16,18,20H,3-4,11-12H2/t16-,18+/m0/s1. The Morgan fingerprint density at radius 1 is 1.22 bits per heavy atom. The molecule has 1 aliphatic heterocycles. The fourth-order valence-corrected chi connectivity index (χ4v) is 3.24. The van der Waals surface area contributed by atoms with Crippen LogP contribution in [0.1, 0.15) is 30.1 Å². The molecule has 5 heteroatoms. The highest BCUT2D eigenvalue weighted by molar-refractivity contribution is 5.53. The van der Waals surface area contributed by atoms with Crippen molar-refractivity contribution >= 4 is 5.52 Å². The van der Waals surface area contributed by atoms with Gasteiger partial charge in [-0.05, 0) is 42.7 Å². The largest absolute Gasteiger partial charge is 0.372 e. The quantitative estimate of drug-likeness (QED) is 0.805. The molecule has 1 N–H and O–H groups in total. The number of nitrogens with one attached hydrogen (secondary N) is 1. The molecule has 0 radical (unpaired) electrons. The molecule has 5 nitrogen and oxygen atoms in total. The van der Waals surface area contributed by atoms with Crippen molar-refractivity contribution in [3.8, 4) is 0 Å². The Bertz CT molecular complexity index is 771. The molecule has 0 aromatic carbocycles. The normalized spacial score (nSPS) is 21.6. The Balaban J connectivity index is 1.50. The smallest absolute Gasteiger partial charge is 0.0978 e. The van der Waals surface area contributed by atoms with Gasteiger partial charge in [0.1, 0.15) is 0 Å². The van der Waals surface area contributed by atoms with E-state index < -0.39 is 0 Å². The van der Waals surface area contributed by atoms with E-state index in [9.17, 15) is 0 Å². The van der Waals surface area contributed by atoms with Gasteiger partial charge in [-0.1, -0.05) is 6.07 Å². The van der Waals surface area contributed by atoms with Gasteiger partial charge in [0, 0.05) is 43.3 Å². The van der Waals surface area contributed by atoms with Crippen LogP contribution in [0.4, 0.5) is 0 Å². The summed E-state index contributed by atoms with van der Waals surface area (Å²) in [5, 5.41) is 8.06. The number of aromatic nitrogens is 3. The Morgan fingerprint density at radius 3 is 3.04 bits per heavy atom. The van der Waals surface area contributed by atoms with Gasteiger partial charge in [0.25, 0.3) is 0 Å². The van der Waals surface area contributed by atoms with Crippen LogP contribution in [-0.2, 0) is 11.3 Å². The Labute approximate surface area is 135 Å². The minimum absolute atomic E-state index is 0.0913. The first kappa shape index (κ1) is 14.4. The van der Waals surface area contributed by atoms with Crippen LogP contribution in [0.25, 0.3) is 5.52 Å². The highest BCUT2D eigenvalue weighted by atomic mass is 16.5. The van der Waals surface area contributed by atoms with Crippen molar-refractivity contribution in [3.63, 3.8) is 0 Å². The van der Waals surface area contributed by atoms with Gasteiger partial charge < -0.3 is 10.1 Å². The molecule has 0 saturated carbocycles. The SMILES string of the molecule is c1ccn2ncc(CN[C@H]3CCCO[C@@H]3c3ccncc3)c2c1. The summed E-state index contributed by atoms with van der Waals surface area (Å²) in [4.78, 5) is 4.10. The predicted molar refractivity (Wildman–Crippen MR) is 88.0 cm³/mol. The van der Waals surface area contributed by atoms with Crippen molar-refractivity contribution in [1.82, 2.24) is 19.9 Å². The molecule has 3 aromatic rings. The maximum atomic E-state index is 6.02. The number of hydrogen-bond donors (Lipinski definition) is 1. The maximum Gasteiger partial charge on any atom is 0.0978 e. The first-order chi connectivity index (χ1) is 11.4. The van der Waals surface area contributed by atoms with Crippen LogP contribution < -0.4 is 5.32 Å². The summed E-state index contributed by atoms with van der Waals surface area (Å²) in [5.74, 6) is 0. The van der Waals surface area contributed by atoms with Gasteiger partial charge in [0.15, 0.2) is 0 Å². The Kier molecular flexibility index (Phi) is 4.05. The van der Waals surface area contributed by atoms with Crippen molar-refractivity contribution in [1.29, 1.82) is 0 Å². The van der Waals surface area contributed by atoms with E-state index in [1.54, 1.807) is 0 Å². The lowest BCUT2D eigenvalue weighted by Gasteiger charge is -2.32. The van der Waals surface area contributed by atoms with Crippen LogP contribution >= 0.6 is 0 Å². The van der Waals surface area contributed by atoms with Gasteiger partial charge in [0.05, 0.1) is 17.8 Å². The molecule has 4 heterocycles. The first-order valence-electron chi connectivity index (χ1n) is 8.08. The molecular weight excluding hydrogens is 288 g/mol. The first-order valence-corrected chi connectivity index (χ1v) is 8.08. The summed E-state index contributed by atoms with van der Waals surface area (Å²) in [6, 6.07) is 10.5. The van der Waals surface area contributed by atoms with Gasteiger partial charge >= 0.3 is 0 Å². The molecule has 1 saturated heterocycles. The second-order valence-electron chi connectivity index (χ2n) is 5.90. The summed E-state index contributed by atoms with van der Waals surface area (Å²) >= 11 is 0. The molecule has 118 valence electrons. The van der Waals surface area contributed by atoms with Crippen molar-refractivity contribution in [2.75, 3.05) is 6.61 Å². The molecule has 3 aromatic heterocycles. The van der Waals surface area contributed by atoms with Crippen LogP contribution in [0.15, 0.2) is 55.1 Å². The monoisotopic (exact) mass is 308 g/mol. The van der Waals surface area contributed by atoms with Crippen LogP contribution in [0.3, 0.4) is 0 Å². The average molecular weight is 308 g/mol. The zero-order chi connectivity index (χ0) is 15.5. The van der Waals surface area contributed by atoms with E-state index in [4.69, 9.17) is 4.74 Å². The van der Waals surface area contributed by atoms with Gasteiger partial charge in [-0.15, -0.1) is 0 Å². The molecule has 0 unspecified atom stereocenters. The number of rotatable bonds is 4. The fourth-order valence-electron chi connectivity index (χ4n) is 3.24. The minimum Gasteiger partial charge on any atom is -0.372 e. The molecule has 1 fully saturated rings. The topological polar surface area (TPSA) is 51.5 Å². The Morgan fingerprint density at radius 2 is 2.13 bits per heavy atom. The fraction of sp³-hybridized carbons (Fsp3) is 0.333. The average Bonchev–Trinajstić information content (AvgIpc) is 3.04. The number of ether oxygens (including phenoxy) is 1. The van der Waals surface area contributed by atoms with Gasteiger partial charge in [-0.25, -0.2) is 4.52 Å². The zero-order valence-corrected chi connectivity index (χ0v) is 12.9. The van der Waals surface area contributed by atoms with Gasteiger partial charge in [-0.3, -0.25) is 4.98 Å². The molecule has 0 bridgehead atoms. The molecular formula is C18H20N4O. The summed E-state index contributed by atoms with van der Waals surface area (Å²) in [7, 11) is 0. The van der Waals surface area contributed by atoms with Crippen LogP contribution in [0.5, 0.6) is 0 Å². The van der Waals surface area contributed by atoms with E-state index in [1.165, 1.54) is 11.1 Å². The number of hydrogen-bond acceptors (Lipinski definition) is 4. The third kappa shape index (κ3) is 2.98. The lowest BCUT2D eigenvalue weighted by Crippen LogP contribution is -2.39. The van der Waals surface area contributed by atoms with E-state index in [0.717, 1.165) is 31.5 Å². The summed E-state index contributed by atoms with van der Waals surface area (Å²) < 4.78 is 7.93. The zero-order valence-electron chi connectivity index (χ0n) is 12.9. The van der Waals surface area contributed by atoms with E-state index in [1.807, 2.05) is 53.6 Å². The molecule has 23 heavy (non-hydrogen) atoms.